The van der Waals surface area contributed by atoms with Crippen molar-refractivity contribution in [3.8, 4) is 0 Å². The molecule has 0 spiro atoms. The number of anilines is 1. The molecule has 0 bridgehead atoms. The predicted octanol–water partition coefficient (Wildman–Crippen LogP) is 4.63. The molecule has 1 unspecified atom stereocenters. The van der Waals surface area contributed by atoms with Crippen LogP contribution in [0.3, 0.4) is 0 Å². The van der Waals surface area contributed by atoms with E-state index in [4.69, 9.17) is 5.73 Å². The van der Waals surface area contributed by atoms with Gasteiger partial charge in [-0.05, 0) is 45.0 Å². The van der Waals surface area contributed by atoms with Crippen molar-refractivity contribution in [1.29, 1.82) is 0 Å². The molecule has 2 N–H and O–H groups in total. The molecule has 0 radical (unpaired) electrons. The van der Waals surface area contributed by atoms with Crippen molar-refractivity contribution in [1.82, 2.24) is 9.88 Å². The first kappa shape index (κ1) is 21.2. The summed E-state index contributed by atoms with van der Waals surface area (Å²) >= 11 is 1.83. The number of thiazole rings is 1. The smallest absolute Gasteiger partial charge is 0.0928 e. The van der Waals surface area contributed by atoms with Gasteiger partial charge in [0.1, 0.15) is 0 Å². The van der Waals surface area contributed by atoms with Gasteiger partial charge in [-0.2, -0.15) is 0 Å². The van der Waals surface area contributed by atoms with Gasteiger partial charge < -0.3 is 5.73 Å². The highest BCUT2D eigenvalue weighted by Gasteiger charge is 2.18. The maximum Gasteiger partial charge on any atom is 0.0928 e. The van der Waals surface area contributed by atoms with Crippen LogP contribution in [0.1, 0.15) is 41.0 Å². The Balaban J connectivity index is 0.00000220. The van der Waals surface area contributed by atoms with Crippen LogP contribution >= 0.6 is 36.2 Å². The minimum Gasteiger partial charge on any atom is -0.399 e. The zero-order chi connectivity index (χ0) is 14.7. The van der Waals surface area contributed by atoms with E-state index in [-0.39, 0.29) is 24.8 Å². The van der Waals surface area contributed by atoms with Gasteiger partial charge in [0.15, 0.2) is 0 Å². The molecule has 0 aliphatic carbocycles. The molecule has 2 aromatic rings. The van der Waals surface area contributed by atoms with E-state index < -0.39 is 0 Å². The summed E-state index contributed by atoms with van der Waals surface area (Å²) in [6.45, 7) is 7.40. The molecule has 0 saturated carbocycles. The monoisotopic (exact) mass is 361 g/mol. The average molecular weight is 362 g/mol. The molecular weight excluding hydrogens is 337 g/mol. The third kappa shape index (κ3) is 5.13. The summed E-state index contributed by atoms with van der Waals surface area (Å²) < 4.78 is 0. The molecule has 3 nitrogen and oxygen atoms in total. The van der Waals surface area contributed by atoms with Crippen molar-refractivity contribution >= 4 is 41.8 Å². The van der Waals surface area contributed by atoms with Gasteiger partial charge in [-0.3, -0.25) is 4.90 Å². The van der Waals surface area contributed by atoms with Crippen LogP contribution in [0.15, 0.2) is 24.3 Å². The molecule has 0 aliphatic rings. The average Bonchev–Trinajstić information content (AvgIpc) is 2.79. The van der Waals surface area contributed by atoms with Crippen molar-refractivity contribution < 1.29 is 0 Å². The summed E-state index contributed by atoms with van der Waals surface area (Å²) in [6, 6.07) is 8.47. The molecule has 1 aromatic heterocycles. The molecule has 2 rings (SSSR count). The highest BCUT2D eigenvalue weighted by atomic mass is 35.5. The lowest BCUT2D eigenvalue weighted by Crippen LogP contribution is -2.21. The summed E-state index contributed by atoms with van der Waals surface area (Å²) in [6.07, 6.45) is 1.01. The minimum atomic E-state index is 0. The Bertz CT molecular complexity index is 587. The van der Waals surface area contributed by atoms with E-state index in [0.29, 0.717) is 6.04 Å². The van der Waals surface area contributed by atoms with E-state index in [2.05, 4.69) is 43.8 Å². The first-order chi connectivity index (χ1) is 9.51. The van der Waals surface area contributed by atoms with E-state index in [9.17, 15) is 0 Å². The third-order valence-electron chi connectivity index (χ3n) is 3.60. The SMILES string of the molecule is CCc1nc(C)c(C(C)N(C)Cc2cccc(N)c2)s1.Cl.Cl. The maximum atomic E-state index is 5.84. The number of benzene rings is 1. The van der Waals surface area contributed by atoms with Gasteiger partial charge in [0.25, 0.3) is 0 Å². The van der Waals surface area contributed by atoms with E-state index in [1.54, 1.807) is 0 Å². The molecule has 0 fully saturated rings. The number of nitrogens with two attached hydrogens (primary N) is 1. The van der Waals surface area contributed by atoms with Crippen molar-refractivity contribution in [2.24, 2.45) is 0 Å². The second-order valence-corrected chi connectivity index (χ2v) is 6.36. The summed E-state index contributed by atoms with van der Waals surface area (Å²) in [5.74, 6) is 0. The lowest BCUT2D eigenvalue weighted by molar-refractivity contribution is 0.255. The minimum absolute atomic E-state index is 0. The molecule has 124 valence electrons. The number of nitrogens with zero attached hydrogens (tertiary/aromatic N) is 2. The Hall–Kier alpha value is -0.810. The Labute approximate surface area is 149 Å². The first-order valence-electron chi connectivity index (χ1n) is 7.02. The van der Waals surface area contributed by atoms with Crippen molar-refractivity contribution in [2.45, 2.75) is 39.8 Å². The van der Waals surface area contributed by atoms with Crippen LogP contribution in [0.25, 0.3) is 0 Å². The van der Waals surface area contributed by atoms with Crippen LogP contribution in [0.5, 0.6) is 0 Å². The van der Waals surface area contributed by atoms with Crippen LogP contribution in [-0.4, -0.2) is 16.9 Å². The fourth-order valence-electron chi connectivity index (χ4n) is 2.32. The second kappa shape index (κ2) is 9.36. The van der Waals surface area contributed by atoms with Crippen LogP contribution in [0.2, 0.25) is 0 Å². The maximum absolute atomic E-state index is 5.84. The number of halogens is 2. The molecule has 0 amide bonds. The van der Waals surface area contributed by atoms with Crippen LogP contribution in [0, 0.1) is 6.92 Å². The van der Waals surface area contributed by atoms with Gasteiger partial charge in [-0.15, -0.1) is 36.2 Å². The summed E-state index contributed by atoms with van der Waals surface area (Å²) in [5, 5.41) is 1.22. The van der Waals surface area contributed by atoms with Gasteiger partial charge in [-0.1, -0.05) is 19.1 Å². The molecule has 1 atom stereocenters. The zero-order valence-electron chi connectivity index (χ0n) is 13.5. The van der Waals surface area contributed by atoms with E-state index in [1.807, 2.05) is 29.5 Å². The summed E-state index contributed by atoms with van der Waals surface area (Å²) in [5.41, 5.74) is 9.08. The molecule has 1 heterocycles. The number of nitrogen functional groups attached to an aromatic ring is 1. The Morgan fingerprint density at radius 3 is 2.55 bits per heavy atom. The normalized spacial score (nSPS) is 11.7. The van der Waals surface area contributed by atoms with Crippen molar-refractivity contribution in [3.63, 3.8) is 0 Å². The second-order valence-electron chi connectivity index (χ2n) is 5.25. The first-order valence-corrected chi connectivity index (χ1v) is 7.83. The van der Waals surface area contributed by atoms with Crippen LogP contribution in [-0.2, 0) is 13.0 Å². The van der Waals surface area contributed by atoms with Gasteiger partial charge >= 0.3 is 0 Å². The van der Waals surface area contributed by atoms with E-state index in [0.717, 1.165) is 18.7 Å². The van der Waals surface area contributed by atoms with Crippen LogP contribution < -0.4 is 5.73 Å². The lowest BCUT2D eigenvalue weighted by Gasteiger charge is -2.24. The number of hydrogen-bond acceptors (Lipinski definition) is 4. The third-order valence-corrected chi connectivity index (χ3v) is 5.07. The molecule has 1 aromatic carbocycles. The Morgan fingerprint density at radius 1 is 1.32 bits per heavy atom. The largest absolute Gasteiger partial charge is 0.399 e. The number of hydrogen-bond donors (Lipinski definition) is 1. The number of aromatic nitrogens is 1. The Morgan fingerprint density at radius 2 is 2.00 bits per heavy atom. The van der Waals surface area contributed by atoms with Gasteiger partial charge in [0.2, 0.25) is 0 Å². The summed E-state index contributed by atoms with van der Waals surface area (Å²) in [4.78, 5) is 8.34. The number of rotatable bonds is 5. The highest BCUT2D eigenvalue weighted by Crippen LogP contribution is 2.29. The summed E-state index contributed by atoms with van der Waals surface area (Å²) in [7, 11) is 2.15. The molecule has 0 saturated heterocycles. The van der Waals surface area contributed by atoms with Crippen molar-refractivity contribution in [2.75, 3.05) is 12.8 Å². The number of aryl methyl sites for hydroxylation is 2. The lowest BCUT2D eigenvalue weighted by atomic mass is 10.1. The van der Waals surface area contributed by atoms with Crippen molar-refractivity contribution in [3.05, 3.63) is 45.4 Å². The van der Waals surface area contributed by atoms with Gasteiger partial charge in [0.05, 0.1) is 10.7 Å². The quantitative estimate of drug-likeness (QED) is 0.789. The van der Waals surface area contributed by atoms with E-state index >= 15 is 0 Å². The van der Waals surface area contributed by atoms with Gasteiger partial charge in [0, 0.05) is 23.2 Å². The standard InChI is InChI=1S/C16H23N3S.2ClH/c1-5-15-18-11(2)16(20-15)12(3)19(4)10-13-7-6-8-14(17)9-13;;/h6-9,12H,5,10,17H2,1-4H3;2*1H. The predicted molar refractivity (Wildman–Crippen MR) is 101 cm³/mol. The van der Waals surface area contributed by atoms with E-state index in [1.165, 1.54) is 21.1 Å². The molecule has 22 heavy (non-hydrogen) atoms. The fraction of sp³-hybridized carbons (Fsp3) is 0.438. The molecular formula is C16H25Cl2N3S. The topological polar surface area (TPSA) is 42.2 Å². The molecule has 6 heteroatoms. The Kier molecular flexibility index (Phi) is 9.01. The zero-order valence-corrected chi connectivity index (χ0v) is 15.9. The molecule has 0 aliphatic heterocycles. The fourth-order valence-corrected chi connectivity index (χ4v) is 3.45. The highest BCUT2D eigenvalue weighted by molar-refractivity contribution is 7.11. The van der Waals surface area contributed by atoms with Gasteiger partial charge in [-0.25, -0.2) is 4.98 Å². The van der Waals surface area contributed by atoms with Crippen LogP contribution in [0.4, 0.5) is 5.69 Å².